The Kier molecular flexibility index (Phi) is 13.5. The molecule has 6 rings (SSSR count). The fraction of sp³-hybridized carbons (Fsp3) is 0.488. The van der Waals surface area contributed by atoms with Crippen LogP contribution in [0, 0.1) is 19.8 Å². The van der Waals surface area contributed by atoms with Gasteiger partial charge in [0.1, 0.15) is 36.2 Å². The SMILES string of the molecule is CC(=O)c1c(C)nn(CCC(=O)N2CCC3(CC2)Oc2ccc(cc2)OCCNC(=O)[C@H](Cc2ccccc2)NC(=O)[C@@H](C(C)C)NC(=O)[C@@H](C)NC3=O)c1C. The normalized spacial score (nSPS) is 21.0. The second-order valence-corrected chi connectivity index (χ2v) is 14.8. The number of benzene rings is 2. The first-order valence-corrected chi connectivity index (χ1v) is 19.2. The molecule has 15 heteroatoms. The molecule has 0 aliphatic carbocycles. The van der Waals surface area contributed by atoms with Crippen molar-refractivity contribution in [1.29, 1.82) is 0 Å². The van der Waals surface area contributed by atoms with Gasteiger partial charge in [0.2, 0.25) is 23.6 Å². The summed E-state index contributed by atoms with van der Waals surface area (Å²) < 4.78 is 14.0. The summed E-state index contributed by atoms with van der Waals surface area (Å²) in [4.78, 5) is 81.9. The van der Waals surface area contributed by atoms with Gasteiger partial charge in [-0.05, 0) is 63.4 Å². The van der Waals surface area contributed by atoms with E-state index in [1.807, 2.05) is 37.3 Å². The summed E-state index contributed by atoms with van der Waals surface area (Å²) in [6.07, 6.45) is 0.665. The minimum Gasteiger partial charge on any atom is -0.492 e. The van der Waals surface area contributed by atoms with Gasteiger partial charge < -0.3 is 35.6 Å². The molecule has 1 aromatic heterocycles. The topological polar surface area (TPSA) is 190 Å². The average Bonchev–Trinajstić information content (AvgIpc) is 3.46. The molecule has 300 valence electrons. The van der Waals surface area contributed by atoms with Crippen LogP contribution in [-0.4, -0.2) is 100.0 Å². The Bertz CT molecular complexity index is 1900. The van der Waals surface area contributed by atoms with Gasteiger partial charge in [-0.1, -0.05) is 44.2 Å². The van der Waals surface area contributed by atoms with E-state index in [9.17, 15) is 28.8 Å². The fourth-order valence-electron chi connectivity index (χ4n) is 7.10. The molecule has 2 aromatic carbocycles. The summed E-state index contributed by atoms with van der Waals surface area (Å²) in [5.41, 5.74) is 1.31. The molecule has 2 bridgehead atoms. The Labute approximate surface area is 327 Å². The number of ether oxygens (including phenoxy) is 2. The minimum atomic E-state index is -1.43. The van der Waals surface area contributed by atoms with E-state index in [-0.39, 0.29) is 69.5 Å². The van der Waals surface area contributed by atoms with Crippen LogP contribution in [0.2, 0.25) is 0 Å². The molecule has 3 aliphatic heterocycles. The van der Waals surface area contributed by atoms with Gasteiger partial charge in [0.25, 0.3) is 5.91 Å². The first-order valence-electron chi connectivity index (χ1n) is 19.2. The minimum absolute atomic E-state index is 0.0786. The molecule has 15 nitrogen and oxygen atoms in total. The molecular formula is C41H53N7O8. The average molecular weight is 772 g/mol. The van der Waals surface area contributed by atoms with E-state index < -0.39 is 47.4 Å². The first-order chi connectivity index (χ1) is 26.7. The summed E-state index contributed by atoms with van der Waals surface area (Å²) in [5.74, 6) is -1.73. The number of hydrogen-bond acceptors (Lipinski definition) is 9. The van der Waals surface area contributed by atoms with E-state index in [4.69, 9.17) is 9.47 Å². The Morgan fingerprint density at radius 2 is 1.55 bits per heavy atom. The number of hydrogen-bond donors (Lipinski definition) is 4. The van der Waals surface area contributed by atoms with Crippen LogP contribution in [0.5, 0.6) is 11.5 Å². The van der Waals surface area contributed by atoms with Crippen molar-refractivity contribution in [3.05, 3.63) is 77.1 Å². The van der Waals surface area contributed by atoms with Gasteiger partial charge in [-0.25, -0.2) is 0 Å². The van der Waals surface area contributed by atoms with Crippen molar-refractivity contribution in [1.82, 2.24) is 35.9 Å². The highest BCUT2D eigenvalue weighted by molar-refractivity contribution is 5.97. The number of aromatic nitrogens is 2. The Morgan fingerprint density at radius 1 is 0.893 bits per heavy atom. The highest BCUT2D eigenvalue weighted by Crippen LogP contribution is 2.31. The molecule has 3 aliphatic rings. The Balaban J connectivity index is 1.33. The smallest absolute Gasteiger partial charge is 0.264 e. The van der Waals surface area contributed by atoms with E-state index in [0.717, 1.165) is 5.56 Å². The van der Waals surface area contributed by atoms with Crippen LogP contribution < -0.4 is 30.7 Å². The third kappa shape index (κ3) is 10.1. The summed E-state index contributed by atoms with van der Waals surface area (Å²) in [6, 6.07) is 13.0. The number of Topliss-reactive ketones (excluding diaryl/α,β-unsaturated/α-hetero) is 1. The number of amides is 5. The highest BCUT2D eigenvalue weighted by Gasteiger charge is 2.46. The summed E-state index contributed by atoms with van der Waals surface area (Å²) >= 11 is 0. The van der Waals surface area contributed by atoms with Crippen molar-refractivity contribution in [2.75, 3.05) is 26.2 Å². The molecule has 1 spiro atoms. The number of likely N-dealkylation sites (tertiary alicyclic amines) is 1. The largest absolute Gasteiger partial charge is 0.492 e. The van der Waals surface area contributed by atoms with Crippen LogP contribution in [0.25, 0.3) is 0 Å². The molecule has 1 saturated heterocycles. The van der Waals surface area contributed by atoms with Crippen molar-refractivity contribution in [2.45, 2.75) is 97.5 Å². The lowest BCUT2D eigenvalue weighted by Crippen LogP contribution is -2.62. The zero-order valence-electron chi connectivity index (χ0n) is 33.0. The summed E-state index contributed by atoms with van der Waals surface area (Å²) in [6.45, 7) is 11.2. The number of rotatable bonds is 7. The van der Waals surface area contributed by atoms with Crippen LogP contribution in [0.4, 0.5) is 0 Å². The van der Waals surface area contributed by atoms with Gasteiger partial charge in [0.05, 0.1) is 17.8 Å². The zero-order chi connectivity index (χ0) is 40.6. The number of fused-ring (bicyclic) bond motifs is 15. The van der Waals surface area contributed by atoms with Gasteiger partial charge in [0, 0.05) is 51.0 Å². The number of carbonyl (C=O) groups is 6. The predicted octanol–water partition coefficient (Wildman–Crippen LogP) is 2.41. The predicted molar refractivity (Wildman–Crippen MR) is 207 cm³/mol. The third-order valence-corrected chi connectivity index (χ3v) is 10.3. The second-order valence-electron chi connectivity index (χ2n) is 14.8. The number of aryl methyl sites for hydroxylation is 2. The van der Waals surface area contributed by atoms with Crippen LogP contribution in [0.3, 0.4) is 0 Å². The van der Waals surface area contributed by atoms with E-state index in [1.165, 1.54) is 13.8 Å². The molecule has 56 heavy (non-hydrogen) atoms. The van der Waals surface area contributed by atoms with Crippen molar-refractivity contribution < 1.29 is 38.2 Å². The quantitative estimate of drug-likeness (QED) is 0.207. The van der Waals surface area contributed by atoms with E-state index in [1.54, 1.807) is 54.6 Å². The molecule has 3 aromatic rings. The van der Waals surface area contributed by atoms with E-state index in [2.05, 4.69) is 26.4 Å². The molecule has 3 atom stereocenters. The number of piperidine rings is 1. The first kappa shape index (κ1) is 41.4. The van der Waals surface area contributed by atoms with Crippen molar-refractivity contribution in [2.24, 2.45) is 5.92 Å². The zero-order valence-corrected chi connectivity index (χ0v) is 33.0. The molecule has 4 N–H and O–H groups in total. The molecular weight excluding hydrogens is 718 g/mol. The lowest BCUT2D eigenvalue weighted by atomic mass is 9.89. The van der Waals surface area contributed by atoms with Crippen LogP contribution in [0.1, 0.15) is 74.3 Å². The number of nitrogens with one attached hydrogen (secondary N) is 4. The molecule has 0 saturated carbocycles. The Morgan fingerprint density at radius 3 is 2.18 bits per heavy atom. The Hall–Kier alpha value is -5.73. The maximum atomic E-state index is 14.2. The monoisotopic (exact) mass is 771 g/mol. The van der Waals surface area contributed by atoms with Crippen molar-refractivity contribution >= 4 is 35.3 Å². The maximum Gasteiger partial charge on any atom is 0.264 e. The highest BCUT2D eigenvalue weighted by atomic mass is 16.5. The fourth-order valence-corrected chi connectivity index (χ4v) is 7.10. The molecule has 5 amide bonds. The number of ketones is 1. The van der Waals surface area contributed by atoms with Gasteiger partial charge in [-0.2, -0.15) is 5.10 Å². The van der Waals surface area contributed by atoms with E-state index >= 15 is 0 Å². The van der Waals surface area contributed by atoms with Crippen molar-refractivity contribution in [3.8, 4) is 11.5 Å². The van der Waals surface area contributed by atoms with Gasteiger partial charge >= 0.3 is 0 Å². The molecule has 0 unspecified atom stereocenters. The molecule has 1 fully saturated rings. The number of nitrogens with zero attached hydrogens (tertiary/aromatic N) is 3. The summed E-state index contributed by atoms with van der Waals surface area (Å²) in [5, 5.41) is 15.7. The van der Waals surface area contributed by atoms with Crippen LogP contribution >= 0.6 is 0 Å². The van der Waals surface area contributed by atoms with Gasteiger partial charge in [-0.3, -0.25) is 33.4 Å². The maximum absolute atomic E-state index is 14.2. The van der Waals surface area contributed by atoms with E-state index in [0.29, 0.717) is 35.0 Å². The lowest BCUT2D eigenvalue weighted by Gasteiger charge is -2.41. The number of carbonyl (C=O) groups excluding carboxylic acids is 6. The van der Waals surface area contributed by atoms with Gasteiger partial charge in [-0.15, -0.1) is 0 Å². The standard InChI is InChI=1S/C41H53N7O8/c1-25(2)36-39(53)44-33(24-30-10-8-7-9-11-30)38(52)42-19-23-55-31-12-14-32(15-13-31)56-41(40(54)43-27(4)37(51)45-36)17-21-47(22-18-41)34(50)16-20-48-28(5)35(29(6)49)26(3)46-48/h7-15,25,27,33,36H,16-24H2,1-6H3,(H,42,52)(H,43,54)(H,44,53)(H,45,51)/t27-,33+,36-/m1/s1. The van der Waals surface area contributed by atoms with Gasteiger partial charge in [0.15, 0.2) is 11.4 Å². The van der Waals surface area contributed by atoms with Crippen LogP contribution in [0.15, 0.2) is 54.6 Å². The summed E-state index contributed by atoms with van der Waals surface area (Å²) in [7, 11) is 0. The lowest BCUT2D eigenvalue weighted by molar-refractivity contribution is -0.148. The molecule has 4 heterocycles. The van der Waals surface area contributed by atoms with Crippen LogP contribution in [-0.2, 0) is 36.9 Å². The second kappa shape index (κ2) is 18.3. The molecule has 0 radical (unpaired) electrons. The van der Waals surface area contributed by atoms with Crippen molar-refractivity contribution in [3.63, 3.8) is 0 Å². The third-order valence-electron chi connectivity index (χ3n) is 10.3.